The van der Waals surface area contributed by atoms with Gasteiger partial charge in [0.15, 0.2) is 0 Å². The number of hydrogen-bond donors (Lipinski definition) is 2. The van der Waals surface area contributed by atoms with Gasteiger partial charge in [0.2, 0.25) is 11.2 Å². The maximum Gasteiger partial charge on any atom is 0.242 e. The number of carbonyl (C=O) groups is 1. The number of nitrogens with zero attached hydrogens (tertiary/aromatic N) is 2. The zero-order valence-corrected chi connectivity index (χ0v) is 11.5. The molecule has 1 unspecified atom stereocenters. The van der Waals surface area contributed by atoms with Gasteiger partial charge in [0.25, 0.3) is 0 Å². The fourth-order valence-electron chi connectivity index (χ4n) is 1.72. The second kappa shape index (κ2) is 6.98. The number of hydrogen-bond acceptors (Lipinski definition) is 4. The Kier molecular flexibility index (Phi) is 5.03. The summed E-state index contributed by atoms with van der Waals surface area (Å²) in [4.78, 5) is 19.5. The largest absolute Gasteiger partial charge is 0.320 e. The third-order valence-corrected chi connectivity index (χ3v) is 2.98. The minimum Gasteiger partial charge on any atom is -0.320 e. The van der Waals surface area contributed by atoms with Crippen LogP contribution in [-0.4, -0.2) is 21.9 Å². The van der Waals surface area contributed by atoms with Gasteiger partial charge in [0.1, 0.15) is 5.82 Å². The quantitative estimate of drug-likeness (QED) is 0.826. The lowest BCUT2D eigenvalue weighted by Gasteiger charge is -2.11. The summed E-state index contributed by atoms with van der Waals surface area (Å²) in [7, 11) is 0. The summed E-state index contributed by atoms with van der Waals surface area (Å²) in [6.45, 7) is 0. The maximum atomic E-state index is 11.9. The van der Waals surface area contributed by atoms with Crippen molar-refractivity contribution in [2.24, 2.45) is 5.73 Å². The van der Waals surface area contributed by atoms with Gasteiger partial charge in [-0.1, -0.05) is 30.3 Å². The minimum absolute atomic E-state index is 0.0839. The van der Waals surface area contributed by atoms with E-state index in [1.165, 1.54) is 6.20 Å². The Bertz CT molecular complexity index is 576. The van der Waals surface area contributed by atoms with Crippen molar-refractivity contribution in [2.45, 2.75) is 18.9 Å². The minimum atomic E-state index is -0.594. The van der Waals surface area contributed by atoms with Gasteiger partial charge in [-0.3, -0.25) is 4.79 Å². The van der Waals surface area contributed by atoms with Crippen LogP contribution in [0.4, 0.5) is 5.82 Å². The first-order valence-corrected chi connectivity index (χ1v) is 6.62. The second-order valence-electron chi connectivity index (χ2n) is 4.33. The summed E-state index contributed by atoms with van der Waals surface area (Å²) in [6.07, 6.45) is 2.79. The molecular formula is C14H15ClN4O. The van der Waals surface area contributed by atoms with Crippen molar-refractivity contribution in [3.63, 3.8) is 0 Å². The molecule has 0 saturated heterocycles. The van der Waals surface area contributed by atoms with Gasteiger partial charge in [-0.15, -0.1) is 0 Å². The van der Waals surface area contributed by atoms with Crippen molar-refractivity contribution < 1.29 is 4.79 Å². The molecule has 2 aromatic rings. The van der Waals surface area contributed by atoms with E-state index >= 15 is 0 Å². The molecule has 3 N–H and O–H groups in total. The van der Waals surface area contributed by atoms with E-state index in [1.54, 1.807) is 6.07 Å². The Labute approximate surface area is 122 Å². The van der Waals surface area contributed by atoms with E-state index in [2.05, 4.69) is 15.3 Å². The van der Waals surface area contributed by atoms with Crippen molar-refractivity contribution in [1.82, 2.24) is 9.97 Å². The number of aromatic nitrogens is 2. The number of benzene rings is 1. The lowest BCUT2D eigenvalue weighted by atomic mass is 10.1. The van der Waals surface area contributed by atoms with Crippen LogP contribution >= 0.6 is 11.6 Å². The summed E-state index contributed by atoms with van der Waals surface area (Å²) in [5.41, 5.74) is 7.02. The number of amides is 1. The molecule has 0 fully saturated rings. The molecule has 0 spiro atoms. The average molecular weight is 291 g/mol. The fraction of sp³-hybridized carbons (Fsp3) is 0.214. The lowest BCUT2D eigenvalue weighted by molar-refractivity contribution is -0.117. The Hall–Kier alpha value is -1.98. The third-order valence-electron chi connectivity index (χ3n) is 2.80. The van der Waals surface area contributed by atoms with E-state index in [9.17, 15) is 4.79 Å². The van der Waals surface area contributed by atoms with Gasteiger partial charge < -0.3 is 11.1 Å². The van der Waals surface area contributed by atoms with Crippen LogP contribution in [0, 0.1) is 0 Å². The van der Waals surface area contributed by atoms with Crippen molar-refractivity contribution >= 4 is 23.3 Å². The average Bonchev–Trinajstić information content (AvgIpc) is 2.46. The zero-order valence-electron chi connectivity index (χ0n) is 10.8. The van der Waals surface area contributed by atoms with Crippen LogP contribution in [0.25, 0.3) is 0 Å². The number of nitrogens with two attached hydrogens (primary N) is 1. The molecule has 0 radical (unpaired) electrons. The molecule has 1 aromatic carbocycles. The van der Waals surface area contributed by atoms with Crippen LogP contribution in [0.2, 0.25) is 5.28 Å². The van der Waals surface area contributed by atoms with Crippen molar-refractivity contribution in [3.8, 4) is 0 Å². The molecule has 0 aliphatic heterocycles. The van der Waals surface area contributed by atoms with Crippen LogP contribution < -0.4 is 11.1 Å². The highest BCUT2D eigenvalue weighted by atomic mass is 35.5. The Morgan fingerprint density at radius 3 is 2.75 bits per heavy atom. The molecule has 1 aromatic heterocycles. The van der Waals surface area contributed by atoms with Gasteiger partial charge >= 0.3 is 0 Å². The normalized spacial score (nSPS) is 11.9. The SMILES string of the molecule is NC(CCc1ccccc1)C(=O)Nc1ccnc(Cl)n1. The zero-order chi connectivity index (χ0) is 14.4. The van der Waals surface area contributed by atoms with E-state index < -0.39 is 6.04 Å². The summed E-state index contributed by atoms with van der Waals surface area (Å²) < 4.78 is 0. The predicted molar refractivity (Wildman–Crippen MR) is 78.4 cm³/mol. The van der Waals surface area contributed by atoms with Gasteiger partial charge in [0, 0.05) is 6.20 Å². The van der Waals surface area contributed by atoms with Crippen LogP contribution in [0.15, 0.2) is 42.6 Å². The molecule has 20 heavy (non-hydrogen) atoms. The molecule has 104 valence electrons. The predicted octanol–water partition coefficient (Wildman–Crippen LogP) is 2.03. The topological polar surface area (TPSA) is 80.9 Å². The highest BCUT2D eigenvalue weighted by molar-refractivity contribution is 6.28. The van der Waals surface area contributed by atoms with E-state index in [1.807, 2.05) is 30.3 Å². The highest BCUT2D eigenvalue weighted by Crippen LogP contribution is 2.08. The fourth-order valence-corrected chi connectivity index (χ4v) is 1.87. The molecule has 1 atom stereocenters. The molecule has 1 heterocycles. The van der Waals surface area contributed by atoms with Gasteiger partial charge in [-0.2, -0.15) is 0 Å². The van der Waals surface area contributed by atoms with E-state index in [0.29, 0.717) is 12.2 Å². The number of rotatable bonds is 5. The molecule has 0 aliphatic carbocycles. The third kappa shape index (κ3) is 4.29. The number of halogens is 1. The number of nitrogens with one attached hydrogen (secondary N) is 1. The number of anilines is 1. The highest BCUT2D eigenvalue weighted by Gasteiger charge is 2.14. The Balaban J connectivity index is 1.86. The standard InChI is InChI=1S/C14H15ClN4O/c15-14-17-9-8-12(19-14)18-13(20)11(16)7-6-10-4-2-1-3-5-10/h1-5,8-9,11H,6-7,16H2,(H,17,18,19,20). The van der Waals surface area contributed by atoms with Crippen molar-refractivity contribution in [2.75, 3.05) is 5.32 Å². The van der Waals surface area contributed by atoms with Gasteiger partial charge in [-0.25, -0.2) is 9.97 Å². The molecule has 0 aliphatic rings. The number of carbonyl (C=O) groups excluding carboxylic acids is 1. The molecule has 1 amide bonds. The molecule has 0 saturated carbocycles. The Morgan fingerprint density at radius 1 is 1.30 bits per heavy atom. The van der Waals surface area contributed by atoms with E-state index in [-0.39, 0.29) is 11.2 Å². The first kappa shape index (κ1) is 14.4. The van der Waals surface area contributed by atoms with Crippen LogP contribution in [0.5, 0.6) is 0 Å². The van der Waals surface area contributed by atoms with Crippen LogP contribution in [0.1, 0.15) is 12.0 Å². The monoisotopic (exact) mass is 290 g/mol. The summed E-state index contributed by atoms with van der Waals surface area (Å²) in [5, 5.41) is 2.70. The van der Waals surface area contributed by atoms with Gasteiger partial charge in [0.05, 0.1) is 6.04 Å². The maximum absolute atomic E-state index is 11.9. The molecule has 0 bridgehead atoms. The van der Waals surface area contributed by atoms with Gasteiger partial charge in [-0.05, 0) is 36.1 Å². The summed E-state index contributed by atoms with van der Waals surface area (Å²) >= 11 is 5.64. The summed E-state index contributed by atoms with van der Waals surface area (Å²) in [6, 6.07) is 10.9. The summed E-state index contributed by atoms with van der Waals surface area (Å²) in [5.74, 6) is 0.0702. The van der Waals surface area contributed by atoms with Crippen LogP contribution in [-0.2, 0) is 11.2 Å². The van der Waals surface area contributed by atoms with Crippen molar-refractivity contribution in [3.05, 3.63) is 53.4 Å². The Morgan fingerprint density at radius 2 is 2.05 bits per heavy atom. The molecule has 6 heteroatoms. The number of aryl methyl sites for hydroxylation is 1. The lowest BCUT2D eigenvalue weighted by Crippen LogP contribution is -2.36. The first-order chi connectivity index (χ1) is 9.65. The molecule has 2 rings (SSSR count). The smallest absolute Gasteiger partial charge is 0.242 e. The molecule has 5 nitrogen and oxygen atoms in total. The van der Waals surface area contributed by atoms with E-state index in [4.69, 9.17) is 17.3 Å². The molecular weight excluding hydrogens is 276 g/mol. The second-order valence-corrected chi connectivity index (χ2v) is 4.67. The van der Waals surface area contributed by atoms with Crippen molar-refractivity contribution in [1.29, 1.82) is 0 Å². The first-order valence-electron chi connectivity index (χ1n) is 6.24. The van der Waals surface area contributed by atoms with E-state index in [0.717, 1.165) is 12.0 Å². The van der Waals surface area contributed by atoms with Crippen LogP contribution in [0.3, 0.4) is 0 Å².